The Hall–Kier alpha value is -1.24. The highest BCUT2D eigenvalue weighted by Crippen LogP contribution is 2.21. The Labute approximate surface area is 98.3 Å². The van der Waals surface area contributed by atoms with Gasteiger partial charge in [0.2, 0.25) is 0 Å². The van der Waals surface area contributed by atoms with Crippen molar-refractivity contribution in [1.82, 2.24) is 5.43 Å². The molecule has 0 fully saturated rings. The molecule has 0 radical (unpaired) electrons. The average Bonchev–Trinajstić information content (AvgIpc) is 2.21. The van der Waals surface area contributed by atoms with Crippen molar-refractivity contribution in [3.8, 4) is 6.07 Å². The van der Waals surface area contributed by atoms with Crippen LogP contribution in [0.1, 0.15) is 12.0 Å². The summed E-state index contributed by atoms with van der Waals surface area (Å²) in [6, 6.07) is 7.25. The standard InChI is InChI=1S/C10H9Cl2N3/c11-9-3-1-4-10(12)8(9)7-15-14-6-2-5-13/h1,3-4,7,14H,2,6H2/b15-7+. The minimum atomic E-state index is 0.410. The van der Waals surface area contributed by atoms with Crippen molar-refractivity contribution in [2.24, 2.45) is 5.10 Å². The fourth-order valence-electron chi connectivity index (χ4n) is 0.921. The van der Waals surface area contributed by atoms with E-state index in [1.165, 1.54) is 0 Å². The van der Waals surface area contributed by atoms with Gasteiger partial charge in [-0.15, -0.1) is 0 Å². The molecule has 0 saturated heterocycles. The van der Waals surface area contributed by atoms with Gasteiger partial charge in [-0.2, -0.15) is 10.4 Å². The van der Waals surface area contributed by atoms with Gasteiger partial charge >= 0.3 is 0 Å². The fourth-order valence-corrected chi connectivity index (χ4v) is 1.42. The summed E-state index contributed by atoms with van der Waals surface area (Å²) in [7, 11) is 0. The van der Waals surface area contributed by atoms with E-state index in [1.807, 2.05) is 6.07 Å². The molecule has 0 atom stereocenters. The van der Waals surface area contributed by atoms with Gasteiger partial charge in [-0.1, -0.05) is 29.3 Å². The van der Waals surface area contributed by atoms with Crippen LogP contribution in [-0.2, 0) is 0 Å². The first-order valence-corrected chi connectivity index (χ1v) is 5.08. The topological polar surface area (TPSA) is 48.2 Å². The Bertz CT molecular complexity index is 376. The van der Waals surface area contributed by atoms with Gasteiger partial charge in [0.1, 0.15) is 0 Å². The van der Waals surface area contributed by atoms with Gasteiger partial charge in [-0.3, -0.25) is 0 Å². The molecule has 5 heteroatoms. The molecule has 0 amide bonds. The second-order valence-corrected chi connectivity index (χ2v) is 3.52. The van der Waals surface area contributed by atoms with Crippen molar-refractivity contribution >= 4 is 29.4 Å². The molecule has 0 saturated carbocycles. The summed E-state index contributed by atoms with van der Waals surface area (Å²) in [5.41, 5.74) is 3.39. The Kier molecular flexibility index (Phi) is 4.96. The van der Waals surface area contributed by atoms with E-state index in [0.29, 0.717) is 28.6 Å². The number of halogens is 2. The van der Waals surface area contributed by atoms with Crippen LogP contribution in [0.25, 0.3) is 0 Å². The lowest BCUT2D eigenvalue weighted by atomic mass is 10.2. The monoisotopic (exact) mass is 241 g/mol. The van der Waals surface area contributed by atoms with Gasteiger partial charge in [-0.25, -0.2) is 0 Å². The third-order valence-corrected chi connectivity index (χ3v) is 2.29. The van der Waals surface area contributed by atoms with Crippen molar-refractivity contribution in [1.29, 1.82) is 5.26 Å². The maximum Gasteiger partial charge on any atom is 0.0640 e. The lowest BCUT2D eigenvalue weighted by Gasteiger charge is -2.00. The average molecular weight is 242 g/mol. The summed E-state index contributed by atoms with van der Waals surface area (Å²) in [4.78, 5) is 0. The van der Waals surface area contributed by atoms with Gasteiger partial charge < -0.3 is 5.43 Å². The summed E-state index contributed by atoms with van der Waals surface area (Å²) in [6.45, 7) is 0.509. The lowest BCUT2D eigenvalue weighted by molar-refractivity contribution is 0.750. The maximum atomic E-state index is 8.29. The second kappa shape index (κ2) is 6.28. The number of nitrogens with zero attached hydrogens (tertiary/aromatic N) is 2. The molecule has 15 heavy (non-hydrogen) atoms. The van der Waals surface area contributed by atoms with Gasteiger partial charge in [0, 0.05) is 12.1 Å². The first kappa shape index (κ1) is 11.8. The van der Waals surface area contributed by atoms with Crippen LogP contribution in [0.5, 0.6) is 0 Å². The smallest absolute Gasteiger partial charge is 0.0640 e. The Morgan fingerprint density at radius 3 is 2.67 bits per heavy atom. The Morgan fingerprint density at radius 2 is 2.07 bits per heavy atom. The van der Waals surface area contributed by atoms with Crippen LogP contribution in [0, 0.1) is 11.3 Å². The molecule has 1 aromatic rings. The van der Waals surface area contributed by atoms with E-state index in [0.717, 1.165) is 0 Å². The highest BCUT2D eigenvalue weighted by Gasteiger charge is 2.01. The molecule has 3 nitrogen and oxygen atoms in total. The minimum absolute atomic E-state index is 0.410. The van der Waals surface area contributed by atoms with Crippen LogP contribution >= 0.6 is 23.2 Å². The van der Waals surface area contributed by atoms with Crippen molar-refractivity contribution in [3.63, 3.8) is 0 Å². The summed E-state index contributed by atoms with van der Waals surface area (Å²) < 4.78 is 0. The lowest BCUT2D eigenvalue weighted by Crippen LogP contribution is -2.06. The first-order chi connectivity index (χ1) is 7.25. The zero-order valence-electron chi connectivity index (χ0n) is 7.87. The molecular formula is C10H9Cl2N3. The van der Waals surface area contributed by atoms with E-state index in [1.54, 1.807) is 24.4 Å². The number of nitriles is 1. The fraction of sp³-hybridized carbons (Fsp3) is 0.200. The molecule has 0 aliphatic rings. The van der Waals surface area contributed by atoms with E-state index in [4.69, 9.17) is 28.5 Å². The van der Waals surface area contributed by atoms with Crippen molar-refractivity contribution in [3.05, 3.63) is 33.8 Å². The molecule has 0 spiro atoms. The molecule has 0 bridgehead atoms. The summed E-state index contributed by atoms with van der Waals surface area (Å²) in [5.74, 6) is 0. The number of rotatable bonds is 4. The predicted octanol–water partition coefficient (Wildman–Crippen LogP) is 2.83. The van der Waals surface area contributed by atoms with Crippen LogP contribution in [0.3, 0.4) is 0 Å². The van der Waals surface area contributed by atoms with Crippen LogP contribution in [-0.4, -0.2) is 12.8 Å². The Balaban J connectivity index is 2.61. The molecule has 0 aliphatic carbocycles. The summed E-state index contributed by atoms with van der Waals surface area (Å²) >= 11 is 11.8. The third kappa shape index (κ3) is 3.78. The molecule has 1 N–H and O–H groups in total. The molecule has 0 heterocycles. The number of benzene rings is 1. The summed E-state index contributed by atoms with van der Waals surface area (Å²) in [5, 5.41) is 13.3. The minimum Gasteiger partial charge on any atom is -0.309 e. The van der Waals surface area contributed by atoms with E-state index >= 15 is 0 Å². The van der Waals surface area contributed by atoms with Crippen molar-refractivity contribution in [2.45, 2.75) is 6.42 Å². The van der Waals surface area contributed by atoms with E-state index in [-0.39, 0.29) is 0 Å². The van der Waals surface area contributed by atoms with Gasteiger partial charge in [0.15, 0.2) is 0 Å². The van der Waals surface area contributed by atoms with E-state index in [2.05, 4.69) is 10.5 Å². The zero-order chi connectivity index (χ0) is 11.1. The Morgan fingerprint density at radius 1 is 1.40 bits per heavy atom. The molecule has 0 aromatic heterocycles. The molecule has 0 unspecified atom stereocenters. The predicted molar refractivity (Wildman–Crippen MR) is 62.3 cm³/mol. The molecule has 1 aromatic carbocycles. The highest BCUT2D eigenvalue weighted by atomic mass is 35.5. The van der Waals surface area contributed by atoms with Crippen LogP contribution in [0.15, 0.2) is 23.3 Å². The number of hydrazone groups is 1. The largest absolute Gasteiger partial charge is 0.309 e. The van der Waals surface area contributed by atoms with Gasteiger partial charge in [-0.05, 0) is 12.1 Å². The maximum absolute atomic E-state index is 8.29. The number of hydrogen-bond acceptors (Lipinski definition) is 3. The zero-order valence-corrected chi connectivity index (χ0v) is 9.39. The number of hydrogen-bond donors (Lipinski definition) is 1. The van der Waals surface area contributed by atoms with Crippen molar-refractivity contribution in [2.75, 3.05) is 6.54 Å². The van der Waals surface area contributed by atoms with E-state index < -0.39 is 0 Å². The van der Waals surface area contributed by atoms with Crippen LogP contribution in [0.4, 0.5) is 0 Å². The second-order valence-electron chi connectivity index (χ2n) is 2.71. The summed E-state index contributed by atoms with van der Waals surface area (Å²) in [6.07, 6.45) is 1.95. The van der Waals surface area contributed by atoms with Crippen LogP contribution in [0.2, 0.25) is 10.0 Å². The first-order valence-electron chi connectivity index (χ1n) is 4.32. The molecule has 78 valence electrons. The van der Waals surface area contributed by atoms with Gasteiger partial charge in [0.05, 0.1) is 28.7 Å². The normalized spacial score (nSPS) is 10.2. The highest BCUT2D eigenvalue weighted by molar-refractivity contribution is 6.38. The molecular weight excluding hydrogens is 233 g/mol. The third-order valence-electron chi connectivity index (χ3n) is 1.63. The quantitative estimate of drug-likeness (QED) is 0.501. The van der Waals surface area contributed by atoms with E-state index in [9.17, 15) is 0 Å². The van der Waals surface area contributed by atoms with Gasteiger partial charge in [0.25, 0.3) is 0 Å². The van der Waals surface area contributed by atoms with Crippen molar-refractivity contribution < 1.29 is 0 Å². The molecule has 0 aliphatic heterocycles. The molecule has 1 rings (SSSR count). The number of nitrogens with one attached hydrogen (secondary N) is 1. The SMILES string of the molecule is N#CCCN/N=C/c1c(Cl)cccc1Cl. The van der Waals surface area contributed by atoms with Crippen LogP contribution < -0.4 is 5.43 Å².